The molecule has 8 heteroatoms. The highest BCUT2D eigenvalue weighted by atomic mass is 16.5. The van der Waals surface area contributed by atoms with Crippen molar-refractivity contribution in [3.05, 3.63) is 95.1 Å². The van der Waals surface area contributed by atoms with Gasteiger partial charge in [0.2, 0.25) is 5.91 Å². The summed E-state index contributed by atoms with van der Waals surface area (Å²) in [6.07, 6.45) is 0.0678. The van der Waals surface area contributed by atoms with Crippen LogP contribution in [0.15, 0.2) is 82.4 Å². The third-order valence-electron chi connectivity index (χ3n) is 6.25. The third kappa shape index (κ3) is 6.76. The maximum Gasteiger partial charge on any atom is 0.336 e. The summed E-state index contributed by atoms with van der Waals surface area (Å²) in [5, 5.41) is 2.86. The predicted octanol–water partition coefficient (Wildman–Crippen LogP) is 5.95. The summed E-state index contributed by atoms with van der Waals surface area (Å²) in [6, 6.07) is 20.0. The number of carbonyl (C=O) groups excluding carboxylic acids is 3. The van der Waals surface area contributed by atoms with E-state index in [0.717, 1.165) is 5.56 Å². The summed E-state index contributed by atoms with van der Waals surface area (Å²) in [5.41, 5.74) is 1.25. The molecule has 1 aliphatic heterocycles. The van der Waals surface area contributed by atoms with Crippen LogP contribution in [0.1, 0.15) is 68.8 Å². The van der Waals surface area contributed by atoms with Crippen LogP contribution in [0.3, 0.4) is 0 Å². The van der Waals surface area contributed by atoms with Gasteiger partial charge in [-0.15, -0.1) is 0 Å². The average Bonchev–Trinajstić information content (AvgIpc) is 3.35. The zero-order chi connectivity index (χ0) is 28.2. The Labute approximate surface area is 228 Å². The number of nitrogens with one attached hydrogen (secondary N) is 1. The number of rotatable bonds is 8. The summed E-state index contributed by atoms with van der Waals surface area (Å²) in [4.78, 5) is 40.6. The van der Waals surface area contributed by atoms with Crippen molar-refractivity contribution in [1.29, 1.82) is 0 Å². The Balaban J connectivity index is 1.62. The number of hydrogen-bond donors (Lipinski definition) is 1. The van der Waals surface area contributed by atoms with Crippen molar-refractivity contribution in [2.75, 3.05) is 6.61 Å². The molecule has 2 aromatic carbocycles. The number of benzene rings is 2. The molecule has 1 atom stereocenters. The SMILES string of the molecule is CCOC(=O)C1=C(C)N(Cc2ccc(C(=O)NC(C)(C)C)o2)C(=O)CC1c1cccc(Oc2ccccc2)c1. The molecular formula is C31H34N2O6. The molecule has 0 saturated heterocycles. The number of para-hydroxylation sites is 1. The number of nitrogens with zero attached hydrogens (tertiary/aromatic N) is 1. The van der Waals surface area contributed by atoms with Crippen molar-refractivity contribution in [2.45, 2.75) is 59.0 Å². The van der Waals surface area contributed by atoms with Gasteiger partial charge in [-0.25, -0.2) is 4.79 Å². The summed E-state index contributed by atoms with van der Waals surface area (Å²) in [6.45, 7) is 9.41. The minimum Gasteiger partial charge on any atom is -0.463 e. The van der Waals surface area contributed by atoms with Crippen molar-refractivity contribution < 1.29 is 28.3 Å². The molecule has 3 aromatic rings. The summed E-state index contributed by atoms with van der Waals surface area (Å²) < 4.78 is 17.1. The predicted molar refractivity (Wildman–Crippen MR) is 146 cm³/mol. The Hall–Kier alpha value is -4.33. The van der Waals surface area contributed by atoms with Crippen LogP contribution < -0.4 is 10.1 Å². The second-order valence-electron chi connectivity index (χ2n) is 10.4. The Morgan fingerprint density at radius 1 is 1.03 bits per heavy atom. The summed E-state index contributed by atoms with van der Waals surface area (Å²) >= 11 is 0. The minimum absolute atomic E-state index is 0.0678. The van der Waals surface area contributed by atoms with Gasteiger partial charge in [0, 0.05) is 23.6 Å². The molecule has 8 nitrogen and oxygen atoms in total. The molecule has 204 valence electrons. The highest BCUT2D eigenvalue weighted by molar-refractivity contribution is 5.96. The van der Waals surface area contributed by atoms with Crippen LogP contribution in [0.25, 0.3) is 0 Å². The Kier molecular flexibility index (Phi) is 8.24. The first kappa shape index (κ1) is 27.7. The fourth-order valence-corrected chi connectivity index (χ4v) is 4.52. The molecule has 0 bridgehead atoms. The monoisotopic (exact) mass is 530 g/mol. The average molecular weight is 531 g/mol. The van der Waals surface area contributed by atoms with Crippen LogP contribution >= 0.6 is 0 Å². The van der Waals surface area contributed by atoms with E-state index in [9.17, 15) is 14.4 Å². The number of allylic oxidation sites excluding steroid dienone is 1. The van der Waals surface area contributed by atoms with E-state index in [1.807, 2.05) is 75.4 Å². The maximum absolute atomic E-state index is 13.4. The van der Waals surface area contributed by atoms with Crippen LogP contribution in [-0.4, -0.2) is 34.8 Å². The largest absolute Gasteiger partial charge is 0.463 e. The molecule has 2 heterocycles. The number of esters is 1. The number of ether oxygens (including phenoxy) is 2. The van der Waals surface area contributed by atoms with E-state index in [0.29, 0.717) is 28.5 Å². The molecule has 0 saturated carbocycles. The fraction of sp³-hybridized carbons (Fsp3) is 0.323. The first-order valence-corrected chi connectivity index (χ1v) is 13.0. The zero-order valence-corrected chi connectivity index (χ0v) is 22.9. The summed E-state index contributed by atoms with van der Waals surface area (Å²) in [7, 11) is 0. The molecular weight excluding hydrogens is 496 g/mol. The van der Waals surface area contributed by atoms with Gasteiger partial charge in [-0.1, -0.05) is 30.3 Å². The van der Waals surface area contributed by atoms with Crippen LogP contribution in [0.2, 0.25) is 0 Å². The second kappa shape index (κ2) is 11.6. The molecule has 0 aliphatic carbocycles. The highest BCUT2D eigenvalue weighted by Crippen LogP contribution is 2.39. The van der Waals surface area contributed by atoms with Crippen LogP contribution in [0.5, 0.6) is 11.5 Å². The van der Waals surface area contributed by atoms with E-state index in [-0.39, 0.29) is 37.1 Å². The topological polar surface area (TPSA) is 98.1 Å². The van der Waals surface area contributed by atoms with Crippen molar-refractivity contribution in [3.8, 4) is 11.5 Å². The van der Waals surface area contributed by atoms with Crippen LogP contribution in [0, 0.1) is 0 Å². The molecule has 1 N–H and O–H groups in total. The molecule has 39 heavy (non-hydrogen) atoms. The minimum atomic E-state index is -0.503. The van der Waals surface area contributed by atoms with Gasteiger partial charge >= 0.3 is 5.97 Å². The van der Waals surface area contributed by atoms with Gasteiger partial charge in [-0.3, -0.25) is 9.59 Å². The highest BCUT2D eigenvalue weighted by Gasteiger charge is 2.37. The normalized spacial score (nSPS) is 15.8. The van der Waals surface area contributed by atoms with Gasteiger partial charge in [0.1, 0.15) is 17.3 Å². The quantitative estimate of drug-likeness (QED) is 0.361. The van der Waals surface area contributed by atoms with Crippen molar-refractivity contribution in [1.82, 2.24) is 10.2 Å². The second-order valence-corrected chi connectivity index (χ2v) is 10.4. The Morgan fingerprint density at radius 2 is 1.74 bits per heavy atom. The lowest BCUT2D eigenvalue weighted by Gasteiger charge is -2.34. The van der Waals surface area contributed by atoms with Gasteiger partial charge in [-0.05, 0) is 76.6 Å². The molecule has 0 radical (unpaired) electrons. The zero-order valence-electron chi connectivity index (χ0n) is 22.9. The number of hydrogen-bond acceptors (Lipinski definition) is 6. The first-order valence-electron chi connectivity index (χ1n) is 13.0. The van der Waals surface area contributed by atoms with Gasteiger partial charge in [-0.2, -0.15) is 0 Å². The van der Waals surface area contributed by atoms with Crippen LogP contribution in [0.4, 0.5) is 0 Å². The van der Waals surface area contributed by atoms with Crippen LogP contribution in [-0.2, 0) is 20.9 Å². The van der Waals surface area contributed by atoms with E-state index < -0.39 is 17.4 Å². The summed E-state index contributed by atoms with van der Waals surface area (Å²) in [5.74, 6) is 0.394. The lowest BCUT2D eigenvalue weighted by Crippen LogP contribution is -2.40. The van der Waals surface area contributed by atoms with Gasteiger partial charge in [0.25, 0.3) is 5.91 Å². The standard InChI is InChI=1S/C31H34N2O6/c1-6-37-30(36)28-20(2)33(19-24-15-16-26(39-24)29(35)32-31(3,4)5)27(34)18-25(28)21-11-10-14-23(17-21)38-22-12-8-7-9-13-22/h7-17,25H,6,18-19H2,1-5H3,(H,32,35). The molecule has 1 aromatic heterocycles. The molecule has 1 aliphatic rings. The van der Waals surface area contributed by atoms with Gasteiger partial charge in [0.15, 0.2) is 5.76 Å². The smallest absolute Gasteiger partial charge is 0.336 e. The van der Waals surface area contributed by atoms with Gasteiger partial charge < -0.3 is 24.1 Å². The molecule has 0 fully saturated rings. The number of amides is 2. The third-order valence-corrected chi connectivity index (χ3v) is 6.25. The lowest BCUT2D eigenvalue weighted by molar-refractivity contribution is -0.140. The van der Waals surface area contributed by atoms with Crippen molar-refractivity contribution in [3.63, 3.8) is 0 Å². The fourth-order valence-electron chi connectivity index (χ4n) is 4.52. The molecule has 1 unspecified atom stereocenters. The number of furan rings is 1. The first-order chi connectivity index (χ1) is 18.6. The Bertz CT molecular complexity index is 1380. The van der Waals surface area contributed by atoms with E-state index in [4.69, 9.17) is 13.9 Å². The number of carbonyl (C=O) groups is 3. The molecule has 2 amide bonds. The van der Waals surface area contributed by atoms with E-state index in [2.05, 4.69) is 5.32 Å². The molecule has 4 rings (SSSR count). The van der Waals surface area contributed by atoms with E-state index in [1.54, 1.807) is 26.0 Å². The van der Waals surface area contributed by atoms with Crippen molar-refractivity contribution >= 4 is 17.8 Å². The van der Waals surface area contributed by atoms with E-state index in [1.165, 1.54) is 4.90 Å². The lowest BCUT2D eigenvalue weighted by atomic mass is 9.83. The maximum atomic E-state index is 13.4. The van der Waals surface area contributed by atoms with E-state index >= 15 is 0 Å². The van der Waals surface area contributed by atoms with Gasteiger partial charge in [0.05, 0.1) is 18.7 Å². The Morgan fingerprint density at radius 3 is 2.44 bits per heavy atom. The molecule has 0 spiro atoms. The van der Waals surface area contributed by atoms with Crippen molar-refractivity contribution in [2.24, 2.45) is 0 Å².